The van der Waals surface area contributed by atoms with Crippen molar-refractivity contribution in [3.05, 3.63) is 29.8 Å². The zero-order chi connectivity index (χ0) is 12.9. The Morgan fingerprint density at radius 3 is 2.18 bits per heavy atom. The van der Waals surface area contributed by atoms with Crippen molar-refractivity contribution in [2.75, 3.05) is 6.54 Å². The Hall–Kier alpha value is -0.603. The molecular formula is C15H27NSi. The zero-order valence-electron chi connectivity index (χ0n) is 12.0. The van der Waals surface area contributed by atoms with Crippen LogP contribution in [0.25, 0.3) is 0 Å². The fraction of sp³-hybridized carbons (Fsp3) is 0.600. The maximum atomic E-state index is 3.52. The molecule has 0 aliphatic rings. The molecule has 1 aromatic carbocycles. The van der Waals surface area contributed by atoms with Gasteiger partial charge in [0.05, 0.1) is 8.07 Å². The summed E-state index contributed by atoms with van der Waals surface area (Å²) in [6.45, 7) is 13.8. The van der Waals surface area contributed by atoms with Gasteiger partial charge in [0.1, 0.15) is 0 Å². The Bertz CT molecular complexity index is 324. The first-order chi connectivity index (χ1) is 7.93. The van der Waals surface area contributed by atoms with Gasteiger partial charge in [-0.3, -0.25) is 0 Å². The molecule has 0 saturated carbocycles. The molecule has 1 unspecified atom stereocenters. The van der Waals surface area contributed by atoms with Gasteiger partial charge >= 0.3 is 0 Å². The van der Waals surface area contributed by atoms with E-state index in [1.165, 1.54) is 12.0 Å². The molecule has 17 heavy (non-hydrogen) atoms. The van der Waals surface area contributed by atoms with Gasteiger partial charge in [0.15, 0.2) is 0 Å². The molecule has 0 bridgehead atoms. The monoisotopic (exact) mass is 249 g/mol. The van der Waals surface area contributed by atoms with E-state index in [1.54, 1.807) is 5.19 Å². The van der Waals surface area contributed by atoms with E-state index in [4.69, 9.17) is 0 Å². The van der Waals surface area contributed by atoms with Crippen LogP contribution in [0.15, 0.2) is 24.3 Å². The quantitative estimate of drug-likeness (QED) is 0.762. The molecule has 1 N–H and O–H groups in total. The van der Waals surface area contributed by atoms with Crippen molar-refractivity contribution in [1.82, 2.24) is 5.32 Å². The van der Waals surface area contributed by atoms with E-state index in [1.807, 2.05) is 0 Å². The Morgan fingerprint density at radius 2 is 1.71 bits per heavy atom. The van der Waals surface area contributed by atoms with Crippen molar-refractivity contribution in [3.8, 4) is 0 Å². The molecule has 0 spiro atoms. The lowest BCUT2D eigenvalue weighted by atomic mass is 10.1. The normalized spacial score (nSPS) is 13.7. The highest BCUT2D eigenvalue weighted by atomic mass is 28.3. The highest BCUT2D eigenvalue weighted by Crippen LogP contribution is 2.05. The Kier molecular flexibility index (Phi) is 5.41. The summed E-state index contributed by atoms with van der Waals surface area (Å²) in [7, 11) is -1.13. The molecule has 0 amide bonds. The lowest BCUT2D eigenvalue weighted by Crippen LogP contribution is -2.37. The van der Waals surface area contributed by atoms with Crippen LogP contribution in [0.5, 0.6) is 0 Å². The minimum atomic E-state index is -1.13. The van der Waals surface area contributed by atoms with E-state index >= 15 is 0 Å². The molecular weight excluding hydrogens is 222 g/mol. The van der Waals surface area contributed by atoms with E-state index in [-0.39, 0.29) is 0 Å². The van der Waals surface area contributed by atoms with Crippen LogP contribution in [0.2, 0.25) is 19.6 Å². The van der Waals surface area contributed by atoms with Crippen molar-refractivity contribution in [2.24, 2.45) is 5.92 Å². The van der Waals surface area contributed by atoms with E-state index in [9.17, 15) is 0 Å². The third-order valence-electron chi connectivity index (χ3n) is 3.34. The second-order valence-corrected chi connectivity index (χ2v) is 11.2. The summed E-state index contributed by atoms with van der Waals surface area (Å²) in [5, 5.41) is 5.07. The third kappa shape index (κ3) is 5.05. The second kappa shape index (κ2) is 6.36. The molecule has 1 rings (SSSR count). The predicted octanol–water partition coefficient (Wildman–Crippen LogP) is 3.37. The van der Waals surface area contributed by atoms with Gasteiger partial charge in [-0.05, 0) is 18.0 Å². The van der Waals surface area contributed by atoms with E-state index in [0.717, 1.165) is 19.0 Å². The maximum Gasteiger partial charge on any atom is 0.0775 e. The molecule has 96 valence electrons. The Morgan fingerprint density at radius 1 is 1.12 bits per heavy atom. The fourth-order valence-corrected chi connectivity index (χ4v) is 2.90. The van der Waals surface area contributed by atoms with Crippen LogP contribution in [0.1, 0.15) is 25.8 Å². The van der Waals surface area contributed by atoms with Crippen LogP contribution in [0.3, 0.4) is 0 Å². The lowest BCUT2D eigenvalue weighted by molar-refractivity contribution is 0.500. The summed E-state index contributed by atoms with van der Waals surface area (Å²) in [6.07, 6.45) is 1.25. The predicted molar refractivity (Wildman–Crippen MR) is 80.6 cm³/mol. The van der Waals surface area contributed by atoms with Crippen LogP contribution in [-0.2, 0) is 6.54 Å². The smallest absolute Gasteiger partial charge is 0.0775 e. The standard InChI is InChI=1S/C15H27NSi/c1-6-13(2)11-16-12-14-7-9-15(10-8-14)17(3,4)5/h7-10,13,16H,6,11-12H2,1-5H3. The Balaban J connectivity index is 2.46. The minimum Gasteiger partial charge on any atom is -0.312 e. The van der Waals surface area contributed by atoms with Gasteiger partial charge in [-0.15, -0.1) is 0 Å². The topological polar surface area (TPSA) is 12.0 Å². The first-order valence-corrected chi connectivity index (χ1v) is 10.2. The zero-order valence-corrected chi connectivity index (χ0v) is 13.0. The van der Waals surface area contributed by atoms with Crippen molar-refractivity contribution in [1.29, 1.82) is 0 Å². The van der Waals surface area contributed by atoms with Crippen LogP contribution in [0.4, 0.5) is 0 Å². The SMILES string of the molecule is CCC(C)CNCc1ccc([Si](C)(C)C)cc1. The minimum absolute atomic E-state index is 0.774. The van der Waals surface area contributed by atoms with Gasteiger partial charge < -0.3 is 5.32 Å². The highest BCUT2D eigenvalue weighted by molar-refractivity contribution is 6.88. The number of rotatable bonds is 6. The summed E-state index contributed by atoms with van der Waals surface area (Å²) in [5.74, 6) is 0.774. The highest BCUT2D eigenvalue weighted by Gasteiger charge is 2.15. The van der Waals surface area contributed by atoms with Crippen LogP contribution in [-0.4, -0.2) is 14.6 Å². The molecule has 0 fully saturated rings. The summed E-state index contributed by atoms with van der Waals surface area (Å²) < 4.78 is 0. The summed E-state index contributed by atoms with van der Waals surface area (Å²) in [4.78, 5) is 0. The van der Waals surface area contributed by atoms with Gasteiger partial charge in [-0.25, -0.2) is 0 Å². The van der Waals surface area contributed by atoms with Crippen LogP contribution < -0.4 is 10.5 Å². The second-order valence-electron chi connectivity index (χ2n) is 6.09. The average molecular weight is 249 g/mol. The molecule has 0 aliphatic heterocycles. The van der Waals surface area contributed by atoms with Gasteiger partial charge in [0.2, 0.25) is 0 Å². The van der Waals surface area contributed by atoms with Crippen molar-refractivity contribution < 1.29 is 0 Å². The molecule has 0 saturated heterocycles. The molecule has 1 nitrogen and oxygen atoms in total. The van der Waals surface area contributed by atoms with Gasteiger partial charge in [0, 0.05) is 6.54 Å². The maximum absolute atomic E-state index is 3.52. The van der Waals surface area contributed by atoms with E-state index < -0.39 is 8.07 Å². The summed E-state index contributed by atoms with van der Waals surface area (Å²) in [5.41, 5.74) is 1.40. The van der Waals surface area contributed by atoms with Crippen LogP contribution in [0, 0.1) is 5.92 Å². The molecule has 2 heteroatoms. The summed E-state index contributed by atoms with van der Waals surface area (Å²) in [6, 6.07) is 9.17. The number of benzene rings is 1. The molecule has 1 atom stereocenters. The van der Waals surface area contributed by atoms with Gasteiger partial charge in [-0.2, -0.15) is 0 Å². The molecule has 1 aromatic rings. The number of hydrogen-bond acceptors (Lipinski definition) is 1. The first-order valence-electron chi connectivity index (χ1n) is 6.73. The van der Waals surface area contributed by atoms with E-state index in [2.05, 4.69) is 63.1 Å². The summed E-state index contributed by atoms with van der Waals surface area (Å²) >= 11 is 0. The molecule has 0 heterocycles. The molecule has 0 aliphatic carbocycles. The Labute approximate surface area is 108 Å². The third-order valence-corrected chi connectivity index (χ3v) is 5.40. The van der Waals surface area contributed by atoms with E-state index in [0.29, 0.717) is 0 Å². The fourth-order valence-electron chi connectivity index (χ4n) is 1.73. The van der Waals surface area contributed by atoms with Gasteiger partial charge in [0.25, 0.3) is 0 Å². The van der Waals surface area contributed by atoms with Crippen LogP contribution >= 0.6 is 0 Å². The number of hydrogen-bond donors (Lipinski definition) is 1. The van der Waals surface area contributed by atoms with Gasteiger partial charge in [-0.1, -0.05) is 69.4 Å². The van der Waals surface area contributed by atoms with Crippen molar-refractivity contribution >= 4 is 13.3 Å². The lowest BCUT2D eigenvalue weighted by Gasteiger charge is -2.17. The largest absolute Gasteiger partial charge is 0.312 e. The molecule has 0 radical (unpaired) electrons. The average Bonchev–Trinajstić information content (AvgIpc) is 2.28. The van der Waals surface area contributed by atoms with Crippen molar-refractivity contribution in [3.63, 3.8) is 0 Å². The molecule has 0 aromatic heterocycles. The van der Waals surface area contributed by atoms with Crippen molar-refractivity contribution in [2.45, 2.75) is 46.5 Å². The number of nitrogens with one attached hydrogen (secondary N) is 1. The first kappa shape index (κ1) is 14.5.